The van der Waals surface area contributed by atoms with E-state index in [0.29, 0.717) is 0 Å². The SMILES string of the molecule is COc1ccc(C2=NN3[C@H](C2)c2cc(OC)ccc2O[C@H]3c2ccc(OC(C)C)cc2)cc1. The maximum atomic E-state index is 6.48. The minimum absolute atomic E-state index is 0.0533. The highest BCUT2D eigenvalue weighted by Crippen LogP contribution is 2.48. The van der Waals surface area contributed by atoms with Gasteiger partial charge in [-0.05, 0) is 86.1 Å². The molecule has 170 valence electrons. The number of nitrogens with zero attached hydrogens (tertiary/aromatic N) is 2. The highest BCUT2D eigenvalue weighted by Gasteiger charge is 2.41. The molecule has 0 aromatic heterocycles. The van der Waals surface area contributed by atoms with Crippen molar-refractivity contribution in [3.8, 4) is 23.0 Å². The van der Waals surface area contributed by atoms with E-state index >= 15 is 0 Å². The Balaban J connectivity index is 1.52. The van der Waals surface area contributed by atoms with Crippen molar-refractivity contribution < 1.29 is 18.9 Å². The van der Waals surface area contributed by atoms with E-state index in [1.54, 1.807) is 14.2 Å². The third kappa shape index (κ3) is 4.09. The van der Waals surface area contributed by atoms with Crippen molar-refractivity contribution in [3.63, 3.8) is 0 Å². The fourth-order valence-corrected chi connectivity index (χ4v) is 4.35. The Morgan fingerprint density at radius 3 is 2.21 bits per heavy atom. The van der Waals surface area contributed by atoms with E-state index in [0.717, 1.165) is 51.8 Å². The summed E-state index contributed by atoms with van der Waals surface area (Å²) in [5.41, 5.74) is 4.20. The minimum Gasteiger partial charge on any atom is -0.497 e. The van der Waals surface area contributed by atoms with Gasteiger partial charge in [0.1, 0.15) is 23.0 Å². The fourth-order valence-electron chi connectivity index (χ4n) is 4.35. The maximum absolute atomic E-state index is 6.48. The van der Waals surface area contributed by atoms with Crippen molar-refractivity contribution in [1.82, 2.24) is 5.01 Å². The molecule has 6 nitrogen and oxygen atoms in total. The maximum Gasteiger partial charge on any atom is 0.213 e. The zero-order valence-electron chi connectivity index (χ0n) is 19.3. The number of benzene rings is 3. The molecule has 2 heterocycles. The molecule has 6 heteroatoms. The molecule has 0 spiro atoms. The van der Waals surface area contributed by atoms with Gasteiger partial charge in [-0.15, -0.1) is 0 Å². The Morgan fingerprint density at radius 1 is 0.879 bits per heavy atom. The predicted octanol–water partition coefficient (Wildman–Crippen LogP) is 5.73. The van der Waals surface area contributed by atoms with Gasteiger partial charge in [-0.2, -0.15) is 5.10 Å². The summed E-state index contributed by atoms with van der Waals surface area (Å²) in [7, 11) is 3.35. The monoisotopic (exact) mass is 444 g/mol. The summed E-state index contributed by atoms with van der Waals surface area (Å²) >= 11 is 0. The zero-order valence-corrected chi connectivity index (χ0v) is 19.3. The number of rotatable bonds is 6. The van der Waals surface area contributed by atoms with Gasteiger partial charge in [0.25, 0.3) is 0 Å². The van der Waals surface area contributed by atoms with Gasteiger partial charge in [0.15, 0.2) is 0 Å². The largest absolute Gasteiger partial charge is 0.497 e. The number of methoxy groups -OCH3 is 2. The second-order valence-electron chi connectivity index (χ2n) is 8.48. The molecule has 0 aliphatic carbocycles. The average molecular weight is 445 g/mol. The molecular weight excluding hydrogens is 416 g/mol. The van der Waals surface area contributed by atoms with E-state index in [2.05, 4.69) is 35.3 Å². The Kier molecular flexibility index (Phi) is 5.58. The van der Waals surface area contributed by atoms with Crippen LogP contribution < -0.4 is 18.9 Å². The highest BCUT2D eigenvalue weighted by atomic mass is 16.5. The van der Waals surface area contributed by atoms with Crippen LogP contribution in [0.25, 0.3) is 0 Å². The number of hydrazone groups is 1. The molecule has 0 amide bonds. The van der Waals surface area contributed by atoms with Gasteiger partial charge in [-0.1, -0.05) is 0 Å². The molecule has 0 radical (unpaired) electrons. The summed E-state index contributed by atoms with van der Waals surface area (Å²) in [6.45, 7) is 4.04. The number of hydrogen-bond donors (Lipinski definition) is 0. The lowest BCUT2D eigenvalue weighted by Gasteiger charge is -2.38. The molecule has 33 heavy (non-hydrogen) atoms. The first-order chi connectivity index (χ1) is 16.1. The van der Waals surface area contributed by atoms with Crippen molar-refractivity contribution in [2.24, 2.45) is 5.10 Å². The molecule has 2 aliphatic heterocycles. The molecule has 0 unspecified atom stereocenters. The first kappa shape index (κ1) is 21.2. The summed E-state index contributed by atoms with van der Waals surface area (Å²) in [6.07, 6.45) is 0.573. The van der Waals surface area contributed by atoms with Crippen molar-refractivity contribution in [3.05, 3.63) is 83.4 Å². The molecule has 0 N–H and O–H groups in total. The van der Waals surface area contributed by atoms with Crippen molar-refractivity contribution in [2.75, 3.05) is 14.2 Å². The van der Waals surface area contributed by atoms with Crippen molar-refractivity contribution in [1.29, 1.82) is 0 Å². The van der Waals surface area contributed by atoms with Gasteiger partial charge in [0.2, 0.25) is 6.23 Å². The molecule has 0 fully saturated rings. The second-order valence-corrected chi connectivity index (χ2v) is 8.48. The lowest BCUT2D eigenvalue weighted by atomic mass is 9.95. The van der Waals surface area contributed by atoms with Gasteiger partial charge in [-0.25, -0.2) is 5.01 Å². The van der Waals surface area contributed by atoms with Crippen molar-refractivity contribution in [2.45, 2.75) is 38.6 Å². The van der Waals surface area contributed by atoms with E-state index in [9.17, 15) is 0 Å². The van der Waals surface area contributed by atoms with Crippen LogP contribution in [0.3, 0.4) is 0 Å². The number of hydrogen-bond acceptors (Lipinski definition) is 6. The van der Waals surface area contributed by atoms with Crippen LogP contribution in [0.15, 0.2) is 71.8 Å². The first-order valence-corrected chi connectivity index (χ1v) is 11.2. The van der Waals surface area contributed by atoms with E-state index in [-0.39, 0.29) is 18.4 Å². The molecule has 0 bridgehead atoms. The predicted molar refractivity (Wildman–Crippen MR) is 127 cm³/mol. The van der Waals surface area contributed by atoms with Crippen LogP contribution in [0.2, 0.25) is 0 Å². The normalized spacial score (nSPS) is 18.8. The topological polar surface area (TPSA) is 52.5 Å². The fraction of sp³-hybridized carbons (Fsp3) is 0.296. The molecule has 3 aromatic rings. The van der Waals surface area contributed by atoms with Gasteiger partial charge in [0, 0.05) is 17.5 Å². The summed E-state index contributed by atoms with van der Waals surface area (Å²) in [4.78, 5) is 0. The first-order valence-electron chi connectivity index (χ1n) is 11.2. The number of ether oxygens (including phenoxy) is 4. The quantitative estimate of drug-likeness (QED) is 0.486. The molecule has 2 aliphatic rings. The van der Waals surface area contributed by atoms with Crippen LogP contribution in [-0.4, -0.2) is 31.0 Å². The van der Waals surface area contributed by atoms with E-state index in [4.69, 9.17) is 24.0 Å². The van der Waals surface area contributed by atoms with Gasteiger partial charge >= 0.3 is 0 Å². The Hall–Kier alpha value is -3.67. The second kappa shape index (κ2) is 8.70. The standard InChI is InChI=1S/C27H28N2O4/c1-17(2)32-21-11-7-19(8-12-21)27-29-25(23-15-22(31-4)13-14-26(23)33-27)16-24(28-29)18-5-9-20(30-3)10-6-18/h5-15,17,25,27H,16H2,1-4H3/t25-,27+/m1/s1. The van der Waals surface area contributed by atoms with E-state index in [1.807, 2.05) is 50.2 Å². The third-order valence-electron chi connectivity index (χ3n) is 5.96. The van der Waals surface area contributed by atoms with Gasteiger partial charge in [0.05, 0.1) is 32.1 Å². The number of fused-ring (bicyclic) bond motifs is 3. The van der Waals surface area contributed by atoms with Crippen molar-refractivity contribution >= 4 is 5.71 Å². The lowest BCUT2D eigenvalue weighted by Crippen LogP contribution is -2.33. The highest BCUT2D eigenvalue weighted by molar-refractivity contribution is 6.02. The lowest BCUT2D eigenvalue weighted by molar-refractivity contribution is -0.0191. The van der Waals surface area contributed by atoms with Crippen LogP contribution in [0.4, 0.5) is 0 Å². The van der Waals surface area contributed by atoms with E-state index < -0.39 is 0 Å². The summed E-state index contributed by atoms with van der Waals surface area (Å²) in [5, 5.41) is 7.10. The molecule has 0 saturated carbocycles. The van der Waals surface area contributed by atoms with Crippen LogP contribution >= 0.6 is 0 Å². The van der Waals surface area contributed by atoms with Crippen LogP contribution in [0.1, 0.15) is 49.2 Å². The minimum atomic E-state index is -0.334. The van der Waals surface area contributed by atoms with Crippen LogP contribution in [0.5, 0.6) is 23.0 Å². The van der Waals surface area contributed by atoms with Crippen LogP contribution in [0, 0.1) is 0 Å². The zero-order chi connectivity index (χ0) is 22.9. The summed E-state index contributed by atoms with van der Waals surface area (Å²) < 4.78 is 23.1. The Labute approximate surface area is 194 Å². The molecule has 3 aromatic carbocycles. The Morgan fingerprint density at radius 2 is 1.55 bits per heavy atom. The molecular formula is C27H28N2O4. The summed E-state index contributed by atoms with van der Waals surface area (Å²) in [5.74, 6) is 3.34. The van der Waals surface area contributed by atoms with Crippen LogP contribution in [-0.2, 0) is 0 Å². The average Bonchev–Trinajstić information content (AvgIpc) is 3.29. The summed E-state index contributed by atoms with van der Waals surface area (Å²) in [6, 6.07) is 22.1. The molecule has 2 atom stereocenters. The van der Waals surface area contributed by atoms with Gasteiger partial charge < -0.3 is 18.9 Å². The molecule has 5 rings (SSSR count). The Bertz CT molecular complexity index is 1160. The third-order valence-corrected chi connectivity index (χ3v) is 5.96. The smallest absolute Gasteiger partial charge is 0.213 e. The van der Waals surface area contributed by atoms with Gasteiger partial charge in [-0.3, -0.25) is 0 Å². The van der Waals surface area contributed by atoms with E-state index in [1.165, 1.54) is 0 Å². The molecule has 0 saturated heterocycles.